The molecule has 0 aliphatic carbocycles. The van der Waals surface area contributed by atoms with E-state index in [4.69, 9.17) is 11.6 Å². The van der Waals surface area contributed by atoms with Gasteiger partial charge in [0, 0.05) is 31.7 Å². The average molecular weight is 477 g/mol. The molecule has 166 valence electrons. The fourth-order valence-corrected chi connectivity index (χ4v) is 5.59. The van der Waals surface area contributed by atoms with Gasteiger partial charge in [-0.3, -0.25) is 10.2 Å². The molecule has 0 aromatic carbocycles. The van der Waals surface area contributed by atoms with Crippen LogP contribution in [0.5, 0.6) is 0 Å². The second kappa shape index (κ2) is 9.40. The third-order valence-electron chi connectivity index (χ3n) is 4.79. The molecule has 1 saturated heterocycles. The highest BCUT2D eigenvalue weighted by molar-refractivity contribution is 7.91. The summed E-state index contributed by atoms with van der Waals surface area (Å²) in [6.45, 7) is 4.71. The Balaban J connectivity index is 1.65. The van der Waals surface area contributed by atoms with Gasteiger partial charge >= 0.3 is 0 Å². The van der Waals surface area contributed by atoms with E-state index in [1.807, 2.05) is 13.8 Å². The van der Waals surface area contributed by atoms with Gasteiger partial charge in [-0.25, -0.2) is 23.1 Å². The standard InChI is InChI=1S/C17H25ClN6O4S2/c1-17(2)14(25)23-16(26)24(17)10-9-20-15-19-7-5-11(22-15)12-3-4-13(29-12)30(27,28)21-8-6-18/h3-5,7,14,16,21,23,25-26H,6,8-10H2,1-2H3,(H,19,20,22). The summed E-state index contributed by atoms with van der Waals surface area (Å²) in [5.74, 6) is 0.574. The summed E-state index contributed by atoms with van der Waals surface area (Å²) in [6, 6.07) is 4.93. The minimum absolute atomic E-state index is 0.160. The largest absolute Gasteiger partial charge is 0.377 e. The van der Waals surface area contributed by atoms with Crippen LogP contribution in [0.2, 0.25) is 0 Å². The van der Waals surface area contributed by atoms with Gasteiger partial charge in [0.15, 0.2) is 6.35 Å². The molecule has 2 atom stereocenters. The summed E-state index contributed by atoms with van der Waals surface area (Å²) in [7, 11) is -3.59. The number of alkyl halides is 1. The number of anilines is 1. The number of rotatable bonds is 9. The van der Waals surface area contributed by atoms with Crippen molar-refractivity contribution in [2.24, 2.45) is 0 Å². The quantitative estimate of drug-likeness (QED) is 0.325. The first-order chi connectivity index (χ1) is 14.1. The first-order valence-corrected chi connectivity index (χ1v) is 12.1. The van der Waals surface area contributed by atoms with Crippen LogP contribution in [0, 0.1) is 0 Å². The van der Waals surface area contributed by atoms with Crippen LogP contribution in [0.4, 0.5) is 5.95 Å². The molecule has 13 heteroatoms. The summed E-state index contributed by atoms with van der Waals surface area (Å²) >= 11 is 6.65. The number of aliphatic hydroxyl groups excluding tert-OH is 2. The topological polar surface area (TPSA) is 140 Å². The highest BCUT2D eigenvalue weighted by Gasteiger charge is 2.45. The van der Waals surface area contributed by atoms with E-state index in [0.717, 1.165) is 11.3 Å². The van der Waals surface area contributed by atoms with Gasteiger partial charge in [-0.15, -0.1) is 22.9 Å². The Bertz CT molecular complexity index is 971. The lowest BCUT2D eigenvalue weighted by atomic mass is 10.0. The van der Waals surface area contributed by atoms with Crippen LogP contribution in [0.15, 0.2) is 28.6 Å². The fraction of sp³-hybridized carbons (Fsp3) is 0.529. The molecule has 30 heavy (non-hydrogen) atoms. The number of thiophene rings is 1. The first-order valence-electron chi connectivity index (χ1n) is 9.27. The zero-order valence-corrected chi connectivity index (χ0v) is 18.9. The van der Waals surface area contributed by atoms with E-state index in [-0.39, 0.29) is 16.6 Å². The van der Waals surface area contributed by atoms with Gasteiger partial charge < -0.3 is 15.5 Å². The number of nitrogens with one attached hydrogen (secondary N) is 3. The Kier molecular flexibility index (Phi) is 7.30. The van der Waals surface area contributed by atoms with Crippen LogP contribution < -0.4 is 15.4 Å². The molecule has 0 saturated carbocycles. The number of aliphatic hydroxyl groups is 2. The maximum Gasteiger partial charge on any atom is 0.250 e. The van der Waals surface area contributed by atoms with Crippen molar-refractivity contribution in [2.45, 2.75) is 36.2 Å². The molecule has 3 rings (SSSR count). The fourth-order valence-electron chi connectivity index (χ4n) is 3.03. The van der Waals surface area contributed by atoms with Crippen molar-refractivity contribution < 1.29 is 18.6 Å². The van der Waals surface area contributed by atoms with Gasteiger partial charge in [0.05, 0.1) is 16.1 Å². The van der Waals surface area contributed by atoms with Crippen molar-refractivity contribution in [1.82, 2.24) is 24.9 Å². The smallest absolute Gasteiger partial charge is 0.250 e. The lowest BCUT2D eigenvalue weighted by Crippen LogP contribution is -2.49. The van der Waals surface area contributed by atoms with E-state index >= 15 is 0 Å². The Morgan fingerprint density at radius 3 is 2.73 bits per heavy atom. The van der Waals surface area contributed by atoms with Crippen molar-refractivity contribution in [3.05, 3.63) is 24.4 Å². The molecule has 1 aliphatic rings. The summed E-state index contributed by atoms with van der Waals surface area (Å²) < 4.78 is 27.1. The SMILES string of the molecule is CC1(C)C(O)NC(O)N1CCNc1nccc(-c2ccc(S(=O)(=O)NCCCl)s2)n1. The van der Waals surface area contributed by atoms with E-state index in [1.54, 1.807) is 23.2 Å². The van der Waals surface area contributed by atoms with Crippen LogP contribution in [0.1, 0.15) is 13.8 Å². The Hall–Kier alpha value is -1.38. The monoisotopic (exact) mass is 476 g/mol. The van der Waals surface area contributed by atoms with E-state index < -0.39 is 28.1 Å². The normalized spacial score (nSPS) is 21.8. The Morgan fingerprint density at radius 1 is 1.30 bits per heavy atom. The van der Waals surface area contributed by atoms with E-state index in [1.165, 1.54) is 6.07 Å². The molecular weight excluding hydrogens is 452 g/mol. The molecule has 2 aromatic heterocycles. The highest BCUT2D eigenvalue weighted by Crippen LogP contribution is 2.30. The second-order valence-electron chi connectivity index (χ2n) is 7.19. The molecule has 3 heterocycles. The predicted molar refractivity (Wildman–Crippen MR) is 116 cm³/mol. The maximum atomic E-state index is 12.2. The van der Waals surface area contributed by atoms with E-state index in [0.29, 0.717) is 29.6 Å². The first kappa shape index (κ1) is 23.3. The van der Waals surface area contributed by atoms with Crippen molar-refractivity contribution in [1.29, 1.82) is 0 Å². The van der Waals surface area contributed by atoms with Gasteiger partial charge in [-0.2, -0.15) is 0 Å². The van der Waals surface area contributed by atoms with Gasteiger partial charge in [0.1, 0.15) is 10.4 Å². The number of hydrogen-bond donors (Lipinski definition) is 5. The molecule has 5 N–H and O–H groups in total. The summed E-state index contributed by atoms with van der Waals surface area (Å²) in [4.78, 5) is 11.1. The molecule has 0 spiro atoms. The van der Waals surface area contributed by atoms with E-state index in [2.05, 4.69) is 25.3 Å². The molecule has 0 amide bonds. The molecule has 1 fully saturated rings. The van der Waals surface area contributed by atoms with Gasteiger partial charge in [0.2, 0.25) is 16.0 Å². The molecule has 2 unspecified atom stereocenters. The Labute approximate surface area is 184 Å². The number of sulfonamides is 1. The van der Waals surface area contributed by atoms with Gasteiger partial charge in [0.25, 0.3) is 0 Å². The number of nitrogens with zero attached hydrogens (tertiary/aromatic N) is 3. The molecule has 0 radical (unpaired) electrons. The third-order valence-corrected chi connectivity index (χ3v) is 8.04. The predicted octanol–water partition coefficient (Wildman–Crippen LogP) is 0.412. The minimum Gasteiger partial charge on any atom is -0.377 e. The molecule has 10 nitrogen and oxygen atoms in total. The van der Waals surface area contributed by atoms with Crippen LogP contribution in [0.3, 0.4) is 0 Å². The van der Waals surface area contributed by atoms with Crippen LogP contribution >= 0.6 is 22.9 Å². The van der Waals surface area contributed by atoms with Crippen molar-refractivity contribution in [3.63, 3.8) is 0 Å². The molecule has 2 aromatic rings. The van der Waals surface area contributed by atoms with Gasteiger partial charge in [-0.05, 0) is 32.0 Å². The van der Waals surface area contributed by atoms with Crippen molar-refractivity contribution >= 4 is 38.9 Å². The van der Waals surface area contributed by atoms with Crippen molar-refractivity contribution in [2.75, 3.05) is 30.8 Å². The minimum atomic E-state index is -3.59. The van der Waals surface area contributed by atoms with Crippen LogP contribution in [-0.4, -0.2) is 77.1 Å². The number of hydrogen-bond acceptors (Lipinski definition) is 10. The van der Waals surface area contributed by atoms with Gasteiger partial charge in [-0.1, -0.05) is 0 Å². The summed E-state index contributed by atoms with van der Waals surface area (Å²) in [5.41, 5.74) is -0.0323. The molecular formula is C17H25ClN6O4S2. The van der Waals surface area contributed by atoms with Crippen molar-refractivity contribution in [3.8, 4) is 10.6 Å². The Morgan fingerprint density at radius 2 is 2.07 bits per heavy atom. The lowest BCUT2D eigenvalue weighted by Gasteiger charge is -2.33. The molecule has 0 bridgehead atoms. The highest BCUT2D eigenvalue weighted by atomic mass is 35.5. The maximum absolute atomic E-state index is 12.2. The zero-order chi connectivity index (χ0) is 21.9. The average Bonchev–Trinajstić information content (AvgIpc) is 3.27. The summed E-state index contributed by atoms with van der Waals surface area (Å²) in [6.07, 6.45) is -0.192. The lowest BCUT2D eigenvalue weighted by molar-refractivity contribution is -0.0191. The number of halogens is 1. The third kappa shape index (κ3) is 5.08. The van der Waals surface area contributed by atoms with Crippen LogP contribution in [0.25, 0.3) is 10.6 Å². The van der Waals surface area contributed by atoms with E-state index in [9.17, 15) is 18.6 Å². The summed E-state index contributed by atoms with van der Waals surface area (Å²) in [5, 5.41) is 25.8. The van der Waals surface area contributed by atoms with Crippen LogP contribution in [-0.2, 0) is 10.0 Å². The number of aromatic nitrogens is 2. The molecule has 1 aliphatic heterocycles. The zero-order valence-electron chi connectivity index (χ0n) is 16.5. The second-order valence-corrected chi connectivity index (χ2v) is 10.6.